The summed E-state index contributed by atoms with van der Waals surface area (Å²) in [4.78, 5) is 40.2. The maximum atomic E-state index is 13.5. The zero-order valence-electron chi connectivity index (χ0n) is 17.2. The lowest BCUT2D eigenvalue weighted by Crippen LogP contribution is -3.01. The Bertz CT molecular complexity index is 1410. The van der Waals surface area contributed by atoms with Crippen LogP contribution in [0.1, 0.15) is 48.1 Å². The van der Waals surface area contributed by atoms with E-state index in [1.807, 2.05) is 0 Å². The molecule has 9 nitrogen and oxygen atoms in total. The molecule has 0 spiro atoms. The molecule has 0 saturated carbocycles. The summed E-state index contributed by atoms with van der Waals surface area (Å²) in [5.41, 5.74) is -0.151. The summed E-state index contributed by atoms with van der Waals surface area (Å²) >= 11 is 6.14. The van der Waals surface area contributed by atoms with Gasteiger partial charge in [-0.1, -0.05) is 60.1 Å². The van der Waals surface area contributed by atoms with E-state index < -0.39 is 45.1 Å². The minimum atomic E-state index is -1.48. The summed E-state index contributed by atoms with van der Waals surface area (Å²) in [5, 5.41) is 39.6. The van der Waals surface area contributed by atoms with Crippen LogP contribution < -0.4 is 10.5 Å². The number of allylic oxidation sites excluding steroid dienone is 2. The fourth-order valence-corrected chi connectivity index (χ4v) is 4.88. The van der Waals surface area contributed by atoms with Gasteiger partial charge in [0.2, 0.25) is 0 Å². The van der Waals surface area contributed by atoms with E-state index in [1.54, 1.807) is 30.3 Å². The van der Waals surface area contributed by atoms with E-state index in [2.05, 4.69) is 0 Å². The molecule has 3 aromatic carbocycles. The highest BCUT2D eigenvalue weighted by molar-refractivity contribution is 6.44. The number of benzene rings is 3. The van der Waals surface area contributed by atoms with E-state index in [-0.39, 0.29) is 38.4 Å². The number of Topliss-reactive ketones (excluding diaryl/α,β-unsaturated/α-hetero) is 3. The summed E-state index contributed by atoms with van der Waals surface area (Å²) < 4.78 is 0. The lowest BCUT2D eigenvalue weighted by molar-refractivity contribution is -0.996. The lowest BCUT2D eigenvalue weighted by atomic mass is 9.85. The predicted octanol–water partition coefficient (Wildman–Crippen LogP) is 1.96. The molecule has 34 heavy (non-hydrogen) atoms. The quantitative estimate of drug-likeness (QED) is 0.255. The highest BCUT2D eigenvalue weighted by Crippen LogP contribution is 2.49. The van der Waals surface area contributed by atoms with Crippen molar-refractivity contribution in [2.45, 2.75) is 5.92 Å². The van der Waals surface area contributed by atoms with Crippen LogP contribution in [0.15, 0.2) is 66.2 Å². The Balaban J connectivity index is 1.84. The second kappa shape index (κ2) is 8.05. The Hall–Kier alpha value is -3.54. The number of hydrogen-bond donors (Lipinski definition) is 4. The number of ketones is 3. The van der Waals surface area contributed by atoms with Crippen LogP contribution in [-0.4, -0.2) is 27.8 Å². The third-order valence-electron chi connectivity index (χ3n) is 6.08. The molecule has 0 bridgehead atoms. The van der Waals surface area contributed by atoms with Crippen LogP contribution in [0.25, 0.3) is 5.57 Å². The molecule has 3 atom stereocenters. The summed E-state index contributed by atoms with van der Waals surface area (Å²) in [5.74, 6) is -2.97. The van der Waals surface area contributed by atoms with E-state index >= 15 is 0 Å². The number of halogens is 1. The molecular formula is C24H15ClN2O7. The second-order valence-corrected chi connectivity index (χ2v) is 8.27. The highest BCUT2D eigenvalue weighted by Gasteiger charge is 2.46. The molecule has 0 aromatic heterocycles. The van der Waals surface area contributed by atoms with Gasteiger partial charge in [-0.15, -0.1) is 0 Å². The largest absolute Gasteiger partial charge is 0.595 e. The van der Waals surface area contributed by atoms with Crippen molar-refractivity contribution in [1.82, 2.24) is 0 Å². The molecule has 10 heteroatoms. The Labute approximate surface area is 196 Å². The standard InChI is InChI=1S/C24H15ClN2O7/c25-16-9-15(17(26(31)32)10-18(16)27(33)34)20-19(11-5-1-2-6-12(11)22(20)28)21-23(29)13-7-3-4-8-14(13)24(21)30/h1-10,20,26-27,31,33H. The number of rotatable bonds is 3. The maximum absolute atomic E-state index is 13.5. The predicted molar refractivity (Wildman–Crippen MR) is 119 cm³/mol. The van der Waals surface area contributed by atoms with Crippen molar-refractivity contribution in [1.29, 1.82) is 0 Å². The third-order valence-corrected chi connectivity index (χ3v) is 6.40. The number of nitrogens with one attached hydrogen (secondary N) is 2. The molecule has 4 N–H and O–H groups in total. The van der Waals surface area contributed by atoms with Crippen LogP contribution in [0.4, 0.5) is 11.4 Å². The van der Waals surface area contributed by atoms with Crippen molar-refractivity contribution in [3.8, 4) is 0 Å². The van der Waals surface area contributed by atoms with Gasteiger partial charge in [0.15, 0.2) is 28.7 Å². The fourth-order valence-electron chi connectivity index (χ4n) is 4.62. The first-order chi connectivity index (χ1) is 16.2. The van der Waals surface area contributed by atoms with E-state index in [1.165, 1.54) is 18.2 Å². The fraction of sp³-hybridized carbons (Fsp3) is 0.0417. The van der Waals surface area contributed by atoms with Crippen LogP contribution in [0.3, 0.4) is 0 Å². The number of carbonyl (C=O) groups is 3. The van der Waals surface area contributed by atoms with Crippen molar-refractivity contribution >= 4 is 45.9 Å². The maximum Gasteiger partial charge on any atom is 0.198 e. The summed E-state index contributed by atoms with van der Waals surface area (Å²) in [6, 6.07) is 14.7. The normalized spacial score (nSPS) is 18.9. The summed E-state index contributed by atoms with van der Waals surface area (Å²) in [7, 11) is 0. The molecule has 170 valence electrons. The van der Waals surface area contributed by atoms with Gasteiger partial charge in [-0.3, -0.25) is 14.4 Å². The van der Waals surface area contributed by atoms with Crippen molar-refractivity contribution in [3.05, 3.63) is 109 Å². The van der Waals surface area contributed by atoms with E-state index in [9.17, 15) is 35.2 Å². The van der Waals surface area contributed by atoms with Gasteiger partial charge in [-0.2, -0.15) is 10.5 Å². The van der Waals surface area contributed by atoms with Crippen molar-refractivity contribution in [3.63, 3.8) is 0 Å². The van der Waals surface area contributed by atoms with E-state index in [4.69, 9.17) is 11.6 Å². The molecule has 0 fully saturated rings. The van der Waals surface area contributed by atoms with E-state index in [0.717, 1.165) is 12.1 Å². The van der Waals surface area contributed by atoms with Gasteiger partial charge in [0.1, 0.15) is 5.02 Å². The van der Waals surface area contributed by atoms with Crippen LogP contribution >= 0.6 is 11.6 Å². The molecular weight excluding hydrogens is 464 g/mol. The van der Waals surface area contributed by atoms with Gasteiger partial charge in [0.05, 0.1) is 17.6 Å². The van der Waals surface area contributed by atoms with Gasteiger partial charge in [-0.05, 0) is 17.2 Å². The first kappa shape index (κ1) is 22.3. The first-order valence-corrected chi connectivity index (χ1v) is 10.5. The SMILES string of the molecule is O=C1C(=C2c3ccccc3C(=O)C2c2cc(Cl)c([NH+]([O-])O)cc2[NH+]([O-])O)C(=O)c2ccccc21. The van der Waals surface area contributed by atoms with Crippen LogP contribution in [0, 0.1) is 10.4 Å². The first-order valence-electron chi connectivity index (χ1n) is 10.1. The molecule has 2 aliphatic rings. The number of fused-ring (bicyclic) bond motifs is 2. The molecule has 0 saturated heterocycles. The van der Waals surface area contributed by atoms with Crippen LogP contribution in [0.2, 0.25) is 5.02 Å². The molecule has 3 unspecified atom stereocenters. The zero-order chi connectivity index (χ0) is 24.3. The monoisotopic (exact) mass is 478 g/mol. The molecule has 0 aliphatic heterocycles. The average molecular weight is 479 g/mol. The van der Waals surface area contributed by atoms with Gasteiger partial charge in [-0.25, -0.2) is 10.4 Å². The molecule has 5 rings (SSSR count). The van der Waals surface area contributed by atoms with Crippen LogP contribution in [-0.2, 0) is 0 Å². The van der Waals surface area contributed by atoms with E-state index in [0.29, 0.717) is 5.56 Å². The van der Waals surface area contributed by atoms with Gasteiger partial charge >= 0.3 is 0 Å². The van der Waals surface area contributed by atoms with Gasteiger partial charge in [0, 0.05) is 22.3 Å². The zero-order valence-corrected chi connectivity index (χ0v) is 17.9. The highest BCUT2D eigenvalue weighted by atomic mass is 35.5. The number of hydrogen-bond acceptors (Lipinski definition) is 7. The molecule has 0 amide bonds. The Morgan fingerprint density at radius 2 is 1.24 bits per heavy atom. The van der Waals surface area contributed by atoms with Gasteiger partial charge in [0.25, 0.3) is 0 Å². The van der Waals surface area contributed by atoms with Crippen molar-refractivity contribution < 1.29 is 35.3 Å². The number of carbonyl (C=O) groups excluding carboxylic acids is 3. The Kier molecular flexibility index (Phi) is 5.27. The van der Waals surface area contributed by atoms with Crippen LogP contribution in [0.5, 0.6) is 0 Å². The van der Waals surface area contributed by atoms with Crippen molar-refractivity contribution in [2.75, 3.05) is 0 Å². The third kappa shape index (κ3) is 3.16. The molecule has 2 aliphatic carbocycles. The molecule has 0 heterocycles. The minimum Gasteiger partial charge on any atom is -0.595 e. The number of quaternary nitrogens is 2. The Morgan fingerprint density at radius 3 is 1.76 bits per heavy atom. The summed E-state index contributed by atoms with van der Waals surface area (Å²) in [6.45, 7) is 0. The topological polar surface area (TPSA) is 147 Å². The lowest BCUT2D eigenvalue weighted by Gasteiger charge is -2.23. The minimum absolute atomic E-state index is 0.0911. The molecule has 0 radical (unpaired) electrons. The smallest absolute Gasteiger partial charge is 0.198 e. The molecule has 3 aromatic rings. The van der Waals surface area contributed by atoms with Gasteiger partial charge < -0.3 is 10.4 Å². The average Bonchev–Trinajstić information content (AvgIpc) is 3.23. The second-order valence-electron chi connectivity index (χ2n) is 7.86. The Morgan fingerprint density at radius 1 is 0.735 bits per heavy atom. The van der Waals surface area contributed by atoms with Crippen molar-refractivity contribution in [2.24, 2.45) is 0 Å². The summed E-state index contributed by atoms with van der Waals surface area (Å²) in [6.07, 6.45) is 0.